The lowest BCUT2D eigenvalue weighted by Gasteiger charge is -2.45. The molecule has 1 fully saturated rings. The van der Waals surface area contributed by atoms with Gasteiger partial charge in [0, 0.05) is 42.8 Å². The second-order valence-corrected chi connectivity index (χ2v) is 10.4. The quantitative estimate of drug-likeness (QED) is 0.669. The van der Waals surface area contributed by atoms with E-state index in [0.717, 1.165) is 32.5 Å². The number of likely N-dealkylation sites (tertiary alicyclic amines) is 1. The Morgan fingerprint density at radius 1 is 1.03 bits per heavy atom. The SMILES string of the molecule is CC(C)n1cc(CN2CCC3(CC2)Nc2ccccc2S(=O)(=O)N3)c2ccccc21. The molecule has 6 nitrogen and oxygen atoms in total. The van der Waals surface area contributed by atoms with Crippen molar-refractivity contribution >= 4 is 26.6 Å². The molecule has 2 aromatic carbocycles. The molecule has 2 aliphatic rings. The van der Waals surface area contributed by atoms with Crippen molar-refractivity contribution in [3.8, 4) is 0 Å². The fourth-order valence-electron chi connectivity index (χ4n) is 4.79. The summed E-state index contributed by atoms with van der Waals surface area (Å²) in [6.07, 6.45) is 3.73. The molecule has 1 saturated heterocycles. The first-order valence-corrected chi connectivity index (χ1v) is 12.1. The Labute approximate surface area is 177 Å². The van der Waals surface area contributed by atoms with E-state index in [0.29, 0.717) is 16.6 Å². The number of benzene rings is 2. The molecule has 0 unspecified atom stereocenters. The molecule has 3 aromatic rings. The topological polar surface area (TPSA) is 66.4 Å². The maximum Gasteiger partial charge on any atom is 0.244 e. The van der Waals surface area contributed by atoms with Crippen molar-refractivity contribution in [1.82, 2.24) is 14.2 Å². The second-order valence-electron chi connectivity index (χ2n) is 8.76. The van der Waals surface area contributed by atoms with Crippen molar-refractivity contribution in [2.24, 2.45) is 0 Å². The molecule has 158 valence electrons. The van der Waals surface area contributed by atoms with Crippen LogP contribution in [0.3, 0.4) is 0 Å². The maximum atomic E-state index is 12.8. The zero-order valence-electron chi connectivity index (χ0n) is 17.4. The highest BCUT2D eigenvalue weighted by Gasteiger charge is 2.43. The summed E-state index contributed by atoms with van der Waals surface area (Å²) < 4.78 is 30.8. The van der Waals surface area contributed by atoms with Gasteiger partial charge >= 0.3 is 0 Å². The van der Waals surface area contributed by atoms with E-state index >= 15 is 0 Å². The summed E-state index contributed by atoms with van der Waals surface area (Å²) in [5, 5.41) is 4.78. The molecule has 2 aliphatic heterocycles. The lowest BCUT2D eigenvalue weighted by atomic mass is 9.96. The third-order valence-electron chi connectivity index (χ3n) is 6.36. The Kier molecular flexibility index (Phi) is 4.65. The van der Waals surface area contributed by atoms with Gasteiger partial charge in [0.25, 0.3) is 0 Å². The van der Waals surface area contributed by atoms with Crippen molar-refractivity contribution in [3.05, 3.63) is 60.3 Å². The van der Waals surface area contributed by atoms with Crippen LogP contribution in [0.4, 0.5) is 5.69 Å². The first-order valence-electron chi connectivity index (χ1n) is 10.6. The number of rotatable bonds is 3. The summed E-state index contributed by atoms with van der Waals surface area (Å²) in [7, 11) is -3.50. The molecule has 7 heteroatoms. The zero-order chi connectivity index (χ0) is 20.9. The Morgan fingerprint density at radius 2 is 1.73 bits per heavy atom. The van der Waals surface area contributed by atoms with Crippen LogP contribution in [-0.2, 0) is 16.6 Å². The van der Waals surface area contributed by atoms with Crippen LogP contribution in [0.1, 0.15) is 38.3 Å². The van der Waals surface area contributed by atoms with E-state index in [-0.39, 0.29) is 0 Å². The van der Waals surface area contributed by atoms with Crippen molar-refractivity contribution < 1.29 is 8.42 Å². The lowest BCUT2D eigenvalue weighted by Crippen LogP contribution is -2.61. The predicted octanol–water partition coefficient (Wildman–Crippen LogP) is 3.92. The molecule has 0 saturated carbocycles. The number of nitrogens with zero attached hydrogens (tertiary/aromatic N) is 2. The zero-order valence-corrected chi connectivity index (χ0v) is 18.2. The van der Waals surface area contributed by atoms with Gasteiger partial charge in [-0.1, -0.05) is 30.3 Å². The van der Waals surface area contributed by atoms with Gasteiger partial charge in [0.15, 0.2) is 0 Å². The highest BCUT2D eigenvalue weighted by atomic mass is 32.2. The molecule has 1 aromatic heterocycles. The van der Waals surface area contributed by atoms with Crippen molar-refractivity contribution in [2.45, 2.75) is 49.8 Å². The monoisotopic (exact) mass is 424 g/mol. The smallest absolute Gasteiger partial charge is 0.244 e. The van der Waals surface area contributed by atoms with Crippen LogP contribution in [-0.4, -0.2) is 36.6 Å². The summed E-state index contributed by atoms with van der Waals surface area (Å²) in [4.78, 5) is 2.76. The van der Waals surface area contributed by atoms with Gasteiger partial charge in [-0.05, 0) is 50.5 Å². The minimum Gasteiger partial charge on any atom is -0.365 e. The van der Waals surface area contributed by atoms with E-state index in [1.165, 1.54) is 16.5 Å². The summed E-state index contributed by atoms with van der Waals surface area (Å²) in [6.45, 7) is 6.95. The molecule has 3 heterocycles. The molecule has 2 N–H and O–H groups in total. The van der Waals surface area contributed by atoms with E-state index in [1.54, 1.807) is 12.1 Å². The number of aromatic nitrogens is 1. The normalized spacial score (nSPS) is 20.4. The molecule has 30 heavy (non-hydrogen) atoms. The molecular weight excluding hydrogens is 396 g/mol. The van der Waals surface area contributed by atoms with Crippen molar-refractivity contribution in [1.29, 1.82) is 0 Å². The van der Waals surface area contributed by atoms with Gasteiger partial charge in [-0.2, -0.15) is 4.72 Å². The van der Waals surface area contributed by atoms with Crippen LogP contribution >= 0.6 is 0 Å². The van der Waals surface area contributed by atoms with Gasteiger partial charge in [0.05, 0.1) is 5.69 Å². The van der Waals surface area contributed by atoms with Gasteiger partial charge < -0.3 is 9.88 Å². The molecule has 0 bridgehead atoms. The lowest BCUT2D eigenvalue weighted by molar-refractivity contribution is 0.159. The van der Waals surface area contributed by atoms with Gasteiger partial charge in [-0.15, -0.1) is 0 Å². The number of hydrogen-bond donors (Lipinski definition) is 2. The van der Waals surface area contributed by atoms with E-state index in [2.05, 4.69) is 63.8 Å². The van der Waals surface area contributed by atoms with Crippen LogP contribution < -0.4 is 10.0 Å². The fraction of sp³-hybridized carbons (Fsp3) is 0.391. The number of anilines is 1. The Hall–Kier alpha value is -2.35. The number of piperidine rings is 1. The number of para-hydroxylation sites is 2. The van der Waals surface area contributed by atoms with Crippen molar-refractivity contribution in [3.63, 3.8) is 0 Å². The van der Waals surface area contributed by atoms with Gasteiger partial charge in [-0.3, -0.25) is 4.90 Å². The van der Waals surface area contributed by atoms with Crippen LogP contribution in [0.5, 0.6) is 0 Å². The minimum atomic E-state index is -3.50. The summed E-state index contributed by atoms with van der Waals surface area (Å²) in [5.41, 5.74) is 2.70. The number of sulfonamides is 1. The first-order chi connectivity index (χ1) is 14.4. The molecular formula is C23H28N4O2S. The Morgan fingerprint density at radius 3 is 2.50 bits per heavy atom. The van der Waals surface area contributed by atoms with Crippen molar-refractivity contribution in [2.75, 3.05) is 18.4 Å². The van der Waals surface area contributed by atoms with Crippen LogP contribution in [0.15, 0.2) is 59.6 Å². The third kappa shape index (κ3) is 3.31. The summed E-state index contributed by atoms with van der Waals surface area (Å²) in [5.74, 6) is 0. The summed E-state index contributed by atoms with van der Waals surface area (Å²) >= 11 is 0. The first kappa shape index (κ1) is 19.6. The molecule has 1 spiro atoms. The van der Waals surface area contributed by atoms with E-state index in [1.807, 2.05) is 12.1 Å². The van der Waals surface area contributed by atoms with Gasteiger partial charge in [-0.25, -0.2) is 8.42 Å². The maximum absolute atomic E-state index is 12.8. The molecule has 0 radical (unpaired) electrons. The molecule has 0 amide bonds. The van der Waals surface area contributed by atoms with Gasteiger partial charge in [0.1, 0.15) is 10.6 Å². The third-order valence-corrected chi connectivity index (χ3v) is 7.96. The highest BCUT2D eigenvalue weighted by molar-refractivity contribution is 7.89. The average Bonchev–Trinajstić information content (AvgIpc) is 3.08. The second kappa shape index (κ2) is 7.11. The average molecular weight is 425 g/mol. The van der Waals surface area contributed by atoms with E-state index < -0.39 is 15.7 Å². The highest BCUT2D eigenvalue weighted by Crippen LogP contribution is 2.35. The predicted molar refractivity (Wildman–Crippen MR) is 120 cm³/mol. The number of fused-ring (bicyclic) bond motifs is 2. The van der Waals surface area contributed by atoms with Crippen LogP contribution in [0.2, 0.25) is 0 Å². The largest absolute Gasteiger partial charge is 0.365 e. The standard InChI is InChI=1S/C23H28N4O2S/c1-17(2)27-16-18(19-7-3-5-9-21(19)27)15-26-13-11-23(12-14-26)24-20-8-4-6-10-22(20)30(28,29)25-23/h3-10,16-17,24-25H,11-15H2,1-2H3. The molecule has 5 rings (SSSR count). The van der Waals surface area contributed by atoms with E-state index in [9.17, 15) is 8.42 Å². The van der Waals surface area contributed by atoms with Gasteiger partial charge in [0.2, 0.25) is 10.0 Å². The fourth-order valence-corrected chi connectivity index (χ4v) is 6.34. The Balaban J connectivity index is 1.35. The summed E-state index contributed by atoms with van der Waals surface area (Å²) in [6, 6.07) is 16.1. The molecule has 0 atom stereocenters. The number of nitrogens with one attached hydrogen (secondary N) is 2. The molecule has 0 aliphatic carbocycles. The van der Waals surface area contributed by atoms with Crippen LogP contribution in [0.25, 0.3) is 10.9 Å². The number of hydrogen-bond acceptors (Lipinski definition) is 4. The Bertz CT molecular complexity index is 1190. The van der Waals surface area contributed by atoms with Crippen LogP contribution in [0, 0.1) is 0 Å². The van der Waals surface area contributed by atoms with E-state index in [4.69, 9.17) is 0 Å². The minimum absolute atomic E-state index is 0.333.